The number of nitrogens with one attached hydrogen (secondary N) is 2. The highest BCUT2D eigenvalue weighted by Crippen LogP contribution is 2.43. The number of hydrogen-bond donors (Lipinski definition) is 2. The lowest BCUT2D eigenvalue weighted by Crippen LogP contribution is -2.61. The van der Waals surface area contributed by atoms with E-state index in [2.05, 4.69) is 4.98 Å². The van der Waals surface area contributed by atoms with Crippen molar-refractivity contribution in [1.82, 2.24) is 10.3 Å². The van der Waals surface area contributed by atoms with Gasteiger partial charge in [-0.25, -0.2) is 9.59 Å². The van der Waals surface area contributed by atoms with Crippen molar-refractivity contribution in [2.75, 3.05) is 6.61 Å². The zero-order valence-electron chi connectivity index (χ0n) is 16.0. The normalized spacial score (nSPS) is 13.5. The first-order valence-electron chi connectivity index (χ1n) is 9.09. The number of rotatable bonds is 6. The highest BCUT2D eigenvalue weighted by Gasteiger charge is 2.65. The largest absolute Gasteiger partial charge is 0.464 e. The molecule has 0 saturated carbocycles. The SMILES string of the molecule is CCOC(=O)[C@@](NC(=O)OCc1ccccc1)(c1c[nH]c2ccccc12)C(F)(F)F. The number of carbonyl (C=O) groups excluding carboxylic acids is 2. The minimum Gasteiger partial charge on any atom is -0.464 e. The van der Waals surface area contributed by atoms with Gasteiger partial charge in [0.15, 0.2) is 0 Å². The van der Waals surface area contributed by atoms with Crippen LogP contribution in [0, 0.1) is 0 Å². The molecule has 1 heterocycles. The maximum atomic E-state index is 14.4. The van der Waals surface area contributed by atoms with Crippen LogP contribution in [0.25, 0.3) is 10.9 Å². The summed E-state index contributed by atoms with van der Waals surface area (Å²) in [6.45, 7) is 0.805. The first-order valence-corrected chi connectivity index (χ1v) is 9.09. The molecular formula is C21H19F3N2O4. The van der Waals surface area contributed by atoms with Crippen LogP contribution in [0.4, 0.5) is 18.0 Å². The molecule has 0 aliphatic rings. The number of alkyl carbamates (subject to hydrolysis) is 1. The highest BCUT2D eigenvalue weighted by atomic mass is 19.4. The van der Waals surface area contributed by atoms with Crippen LogP contribution in [-0.2, 0) is 26.4 Å². The second-order valence-electron chi connectivity index (χ2n) is 6.40. The summed E-state index contributed by atoms with van der Waals surface area (Å²) >= 11 is 0. The van der Waals surface area contributed by atoms with E-state index in [1.165, 1.54) is 19.1 Å². The summed E-state index contributed by atoms with van der Waals surface area (Å²) in [6.07, 6.45) is -5.59. The number of ether oxygens (including phenoxy) is 2. The van der Waals surface area contributed by atoms with E-state index < -0.39 is 29.3 Å². The van der Waals surface area contributed by atoms with Crippen LogP contribution < -0.4 is 5.32 Å². The van der Waals surface area contributed by atoms with Crippen molar-refractivity contribution in [2.45, 2.75) is 25.2 Å². The summed E-state index contributed by atoms with van der Waals surface area (Å²) in [7, 11) is 0. The fourth-order valence-electron chi connectivity index (χ4n) is 3.10. The third-order valence-electron chi connectivity index (χ3n) is 4.50. The van der Waals surface area contributed by atoms with Crippen LogP contribution in [-0.4, -0.2) is 29.8 Å². The monoisotopic (exact) mass is 420 g/mol. The smallest absolute Gasteiger partial charge is 0.427 e. The Morgan fingerprint density at radius 3 is 2.33 bits per heavy atom. The Labute approximate surface area is 170 Å². The van der Waals surface area contributed by atoms with Crippen molar-refractivity contribution in [2.24, 2.45) is 0 Å². The zero-order chi connectivity index (χ0) is 21.8. The Bertz CT molecular complexity index is 1030. The molecule has 2 aromatic carbocycles. The van der Waals surface area contributed by atoms with E-state index in [9.17, 15) is 22.8 Å². The fraction of sp³-hybridized carbons (Fsp3) is 0.238. The number of fused-ring (bicyclic) bond motifs is 1. The van der Waals surface area contributed by atoms with Crippen molar-refractivity contribution < 1.29 is 32.2 Å². The van der Waals surface area contributed by atoms with E-state index in [-0.39, 0.29) is 18.6 Å². The second-order valence-corrected chi connectivity index (χ2v) is 6.40. The summed E-state index contributed by atoms with van der Waals surface area (Å²) in [5.41, 5.74) is -2.99. The number of amides is 1. The van der Waals surface area contributed by atoms with Gasteiger partial charge >= 0.3 is 18.2 Å². The number of hydrogen-bond acceptors (Lipinski definition) is 4. The Morgan fingerprint density at radius 2 is 1.67 bits per heavy atom. The van der Waals surface area contributed by atoms with Crippen molar-refractivity contribution in [3.63, 3.8) is 0 Å². The predicted molar refractivity (Wildman–Crippen MR) is 102 cm³/mol. The molecule has 0 aliphatic heterocycles. The van der Waals surface area contributed by atoms with Crippen molar-refractivity contribution >= 4 is 23.0 Å². The van der Waals surface area contributed by atoms with Crippen molar-refractivity contribution in [3.05, 3.63) is 71.9 Å². The van der Waals surface area contributed by atoms with Crippen LogP contribution in [0.1, 0.15) is 18.1 Å². The van der Waals surface area contributed by atoms with Gasteiger partial charge in [-0.05, 0) is 18.6 Å². The summed E-state index contributed by atoms with van der Waals surface area (Å²) < 4.78 is 52.8. The van der Waals surface area contributed by atoms with Gasteiger partial charge in [-0.1, -0.05) is 48.5 Å². The standard InChI is InChI=1S/C21H19F3N2O4/c1-2-29-18(27)20(21(22,23)24,16-12-25-17-11-7-6-10-15(16)17)26-19(28)30-13-14-8-4-3-5-9-14/h3-12,25H,2,13H2,1H3,(H,26,28)/t20-/m0/s1. The summed E-state index contributed by atoms with van der Waals surface area (Å²) in [5, 5.41) is 1.86. The van der Waals surface area contributed by atoms with Gasteiger partial charge in [0.05, 0.1) is 6.61 Å². The van der Waals surface area contributed by atoms with Crippen molar-refractivity contribution in [3.8, 4) is 0 Å². The zero-order valence-corrected chi connectivity index (χ0v) is 16.0. The van der Waals surface area contributed by atoms with E-state index in [4.69, 9.17) is 9.47 Å². The molecular weight excluding hydrogens is 401 g/mol. The number of benzene rings is 2. The molecule has 0 fully saturated rings. The van der Waals surface area contributed by atoms with Crippen molar-refractivity contribution in [1.29, 1.82) is 0 Å². The summed E-state index contributed by atoms with van der Waals surface area (Å²) in [4.78, 5) is 27.7. The van der Waals surface area contributed by atoms with Crippen LogP contribution in [0.3, 0.4) is 0 Å². The lowest BCUT2D eigenvalue weighted by atomic mass is 9.88. The maximum Gasteiger partial charge on any atom is 0.427 e. The molecule has 1 amide bonds. The molecule has 1 atom stereocenters. The lowest BCUT2D eigenvalue weighted by Gasteiger charge is -2.33. The Morgan fingerprint density at radius 1 is 1.00 bits per heavy atom. The molecule has 1 aromatic heterocycles. The molecule has 0 radical (unpaired) electrons. The number of aromatic amines is 1. The average Bonchev–Trinajstić information content (AvgIpc) is 3.15. The molecule has 30 heavy (non-hydrogen) atoms. The van der Waals surface area contributed by atoms with E-state index in [1.54, 1.807) is 47.8 Å². The molecule has 9 heteroatoms. The molecule has 158 valence electrons. The first-order chi connectivity index (χ1) is 14.3. The molecule has 3 rings (SSSR count). The molecule has 6 nitrogen and oxygen atoms in total. The van der Waals surface area contributed by atoms with Gasteiger partial charge < -0.3 is 14.5 Å². The minimum absolute atomic E-state index is 0.117. The number of alkyl halides is 3. The van der Waals surface area contributed by atoms with Crippen LogP contribution >= 0.6 is 0 Å². The Balaban J connectivity index is 2.02. The molecule has 3 aromatic rings. The summed E-state index contributed by atoms with van der Waals surface area (Å²) in [6, 6.07) is 14.6. The van der Waals surface area contributed by atoms with Gasteiger partial charge in [-0.3, -0.25) is 5.32 Å². The molecule has 2 N–H and O–H groups in total. The van der Waals surface area contributed by atoms with Gasteiger partial charge in [0.1, 0.15) is 6.61 Å². The lowest BCUT2D eigenvalue weighted by molar-refractivity contribution is -0.214. The molecule has 0 aliphatic carbocycles. The van der Waals surface area contributed by atoms with Gasteiger partial charge in [0, 0.05) is 22.7 Å². The topological polar surface area (TPSA) is 80.4 Å². The molecule has 0 bridgehead atoms. The Hall–Kier alpha value is -3.49. The minimum atomic E-state index is -5.21. The number of esters is 1. The second kappa shape index (κ2) is 8.48. The van der Waals surface area contributed by atoms with Gasteiger partial charge in [0.25, 0.3) is 5.54 Å². The van der Waals surface area contributed by atoms with E-state index >= 15 is 0 Å². The van der Waals surface area contributed by atoms with E-state index in [1.807, 2.05) is 0 Å². The molecule has 0 spiro atoms. The van der Waals surface area contributed by atoms with Crippen LogP contribution in [0.15, 0.2) is 60.8 Å². The van der Waals surface area contributed by atoms with E-state index in [0.717, 1.165) is 6.20 Å². The predicted octanol–water partition coefficient (Wildman–Crippen LogP) is 4.42. The summed E-state index contributed by atoms with van der Waals surface area (Å²) in [5.74, 6) is -1.65. The van der Waals surface area contributed by atoms with Crippen LogP contribution in [0.2, 0.25) is 0 Å². The number of H-pyrrole nitrogens is 1. The van der Waals surface area contributed by atoms with Gasteiger partial charge in [0.2, 0.25) is 0 Å². The third kappa shape index (κ3) is 3.96. The number of carbonyl (C=O) groups is 2. The van der Waals surface area contributed by atoms with E-state index in [0.29, 0.717) is 11.1 Å². The van der Waals surface area contributed by atoms with Gasteiger partial charge in [-0.2, -0.15) is 13.2 Å². The first kappa shape index (κ1) is 21.2. The number of aromatic nitrogens is 1. The quantitative estimate of drug-likeness (QED) is 0.579. The van der Waals surface area contributed by atoms with Crippen LogP contribution in [0.5, 0.6) is 0 Å². The third-order valence-corrected chi connectivity index (χ3v) is 4.50. The molecule has 0 saturated heterocycles. The maximum absolute atomic E-state index is 14.4. The molecule has 0 unspecified atom stereocenters. The number of para-hydroxylation sites is 1. The van der Waals surface area contributed by atoms with Gasteiger partial charge in [-0.15, -0.1) is 0 Å². The Kier molecular flexibility index (Phi) is 6.00. The fourth-order valence-corrected chi connectivity index (χ4v) is 3.10. The highest BCUT2D eigenvalue weighted by molar-refractivity contribution is 5.95. The average molecular weight is 420 g/mol. The number of halogens is 3.